The zero-order chi connectivity index (χ0) is 11.8. The number of amides is 1. The van der Waals surface area contributed by atoms with Gasteiger partial charge in [0.05, 0.1) is 19.1 Å². The summed E-state index contributed by atoms with van der Waals surface area (Å²) >= 11 is 0. The molecule has 0 aliphatic carbocycles. The Morgan fingerprint density at radius 3 is 3.12 bits per heavy atom. The predicted molar refractivity (Wildman–Crippen MR) is 61.2 cm³/mol. The molecular formula is C11H22N2O3. The molecule has 2 atom stereocenters. The van der Waals surface area contributed by atoms with Gasteiger partial charge in [-0.2, -0.15) is 0 Å². The van der Waals surface area contributed by atoms with Crippen molar-refractivity contribution >= 4 is 5.91 Å². The number of ether oxygens (including phenoxy) is 1. The molecule has 16 heavy (non-hydrogen) atoms. The van der Waals surface area contributed by atoms with Gasteiger partial charge in [-0.05, 0) is 19.8 Å². The van der Waals surface area contributed by atoms with Crippen molar-refractivity contribution in [1.29, 1.82) is 0 Å². The number of morpholine rings is 1. The van der Waals surface area contributed by atoms with E-state index in [0.717, 1.165) is 25.9 Å². The Morgan fingerprint density at radius 2 is 2.50 bits per heavy atom. The van der Waals surface area contributed by atoms with Gasteiger partial charge in [0.2, 0.25) is 5.91 Å². The molecule has 1 rings (SSSR count). The van der Waals surface area contributed by atoms with Crippen LogP contribution in [-0.4, -0.2) is 49.5 Å². The molecule has 1 aliphatic rings. The van der Waals surface area contributed by atoms with Crippen LogP contribution in [0.15, 0.2) is 0 Å². The van der Waals surface area contributed by atoms with E-state index in [-0.39, 0.29) is 24.7 Å². The highest BCUT2D eigenvalue weighted by Gasteiger charge is 2.18. The summed E-state index contributed by atoms with van der Waals surface area (Å²) in [5.41, 5.74) is 0. The maximum atomic E-state index is 11.6. The van der Waals surface area contributed by atoms with E-state index in [1.165, 1.54) is 0 Å². The topological polar surface area (TPSA) is 70.6 Å². The van der Waals surface area contributed by atoms with Gasteiger partial charge in [0, 0.05) is 25.7 Å². The molecule has 2 unspecified atom stereocenters. The van der Waals surface area contributed by atoms with Crippen LogP contribution in [0.5, 0.6) is 0 Å². The fourth-order valence-corrected chi connectivity index (χ4v) is 1.76. The fourth-order valence-electron chi connectivity index (χ4n) is 1.76. The highest BCUT2D eigenvalue weighted by Crippen LogP contribution is 2.02. The number of hydrogen-bond donors (Lipinski definition) is 3. The predicted octanol–water partition coefficient (Wildman–Crippen LogP) is -0.358. The lowest BCUT2D eigenvalue weighted by Crippen LogP contribution is -2.42. The van der Waals surface area contributed by atoms with Crippen molar-refractivity contribution < 1.29 is 14.6 Å². The Kier molecular flexibility index (Phi) is 6.37. The first kappa shape index (κ1) is 13.4. The standard InChI is InChI=1S/C11H22N2O3/c1-9(3-2-5-14)13-11(15)7-10-8-12-4-6-16-10/h9-10,12,14H,2-8H2,1H3,(H,13,15). The molecule has 0 aromatic heterocycles. The van der Waals surface area contributed by atoms with Crippen LogP contribution in [0.4, 0.5) is 0 Å². The van der Waals surface area contributed by atoms with Crippen molar-refractivity contribution in [2.45, 2.75) is 38.3 Å². The first-order valence-electron chi connectivity index (χ1n) is 5.95. The van der Waals surface area contributed by atoms with E-state index in [1.807, 2.05) is 6.92 Å². The van der Waals surface area contributed by atoms with Crippen molar-refractivity contribution in [3.05, 3.63) is 0 Å². The van der Waals surface area contributed by atoms with Crippen LogP contribution in [0.3, 0.4) is 0 Å². The van der Waals surface area contributed by atoms with Gasteiger partial charge in [0.1, 0.15) is 0 Å². The number of hydrogen-bond acceptors (Lipinski definition) is 4. The summed E-state index contributed by atoms with van der Waals surface area (Å²) in [5.74, 6) is 0.0270. The second kappa shape index (κ2) is 7.60. The molecule has 1 amide bonds. The van der Waals surface area contributed by atoms with Gasteiger partial charge in [0.25, 0.3) is 0 Å². The molecule has 1 heterocycles. The summed E-state index contributed by atoms with van der Waals surface area (Å²) in [6, 6.07) is 0.121. The quantitative estimate of drug-likeness (QED) is 0.583. The summed E-state index contributed by atoms with van der Waals surface area (Å²) in [6.07, 6.45) is 1.95. The van der Waals surface area contributed by atoms with Crippen LogP contribution in [0, 0.1) is 0 Å². The van der Waals surface area contributed by atoms with Crippen molar-refractivity contribution in [3.8, 4) is 0 Å². The van der Waals surface area contributed by atoms with Crippen LogP contribution >= 0.6 is 0 Å². The van der Waals surface area contributed by atoms with Gasteiger partial charge in [-0.25, -0.2) is 0 Å². The molecule has 94 valence electrons. The van der Waals surface area contributed by atoms with E-state index in [4.69, 9.17) is 9.84 Å². The van der Waals surface area contributed by atoms with Gasteiger partial charge < -0.3 is 20.5 Å². The van der Waals surface area contributed by atoms with E-state index in [2.05, 4.69) is 10.6 Å². The summed E-state index contributed by atoms with van der Waals surface area (Å²) in [7, 11) is 0. The number of carbonyl (C=O) groups excluding carboxylic acids is 1. The fraction of sp³-hybridized carbons (Fsp3) is 0.909. The van der Waals surface area contributed by atoms with Crippen LogP contribution in [0.2, 0.25) is 0 Å². The summed E-state index contributed by atoms with van der Waals surface area (Å²) in [4.78, 5) is 11.6. The van der Waals surface area contributed by atoms with Gasteiger partial charge in [0.15, 0.2) is 0 Å². The first-order valence-corrected chi connectivity index (χ1v) is 5.95. The zero-order valence-corrected chi connectivity index (χ0v) is 9.87. The van der Waals surface area contributed by atoms with Crippen LogP contribution in [0.1, 0.15) is 26.2 Å². The molecule has 0 spiro atoms. The third kappa shape index (κ3) is 5.44. The second-order valence-electron chi connectivity index (χ2n) is 4.24. The van der Waals surface area contributed by atoms with Crippen molar-refractivity contribution in [1.82, 2.24) is 10.6 Å². The normalized spacial score (nSPS) is 22.8. The SMILES string of the molecule is CC(CCCO)NC(=O)CC1CNCCO1. The smallest absolute Gasteiger partial charge is 0.222 e. The molecule has 0 bridgehead atoms. The summed E-state index contributed by atoms with van der Waals surface area (Å²) < 4.78 is 5.45. The Balaban J connectivity index is 2.13. The van der Waals surface area contributed by atoms with E-state index in [9.17, 15) is 4.79 Å². The molecule has 1 aliphatic heterocycles. The number of aliphatic hydroxyl groups is 1. The van der Waals surface area contributed by atoms with E-state index in [1.54, 1.807) is 0 Å². The minimum absolute atomic E-state index is 0.00112. The van der Waals surface area contributed by atoms with E-state index in [0.29, 0.717) is 13.0 Å². The minimum atomic E-state index is -0.00112. The Labute approximate surface area is 96.6 Å². The van der Waals surface area contributed by atoms with Crippen molar-refractivity contribution in [2.75, 3.05) is 26.3 Å². The van der Waals surface area contributed by atoms with E-state index < -0.39 is 0 Å². The molecule has 3 N–H and O–H groups in total. The number of carbonyl (C=O) groups is 1. The lowest BCUT2D eigenvalue weighted by molar-refractivity contribution is -0.125. The zero-order valence-electron chi connectivity index (χ0n) is 9.87. The first-order chi connectivity index (χ1) is 7.72. The molecule has 0 radical (unpaired) electrons. The Bertz CT molecular complexity index is 205. The maximum Gasteiger partial charge on any atom is 0.222 e. The molecule has 0 saturated carbocycles. The molecule has 5 heteroatoms. The lowest BCUT2D eigenvalue weighted by atomic mass is 10.1. The van der Waals surface area contributed by atoms with Gasteiger partial charge >= 0.3 is 0 Å². The van der Waals surface area contributed by atoms with Crippen LogP contribution in [-0.2, 0) is 9.53 Å². The minimum Gasteiger partial charge on any atom is -0.396 e. The molecule has 1 saturated heterocycles. The van der Waals surface area contributed by atoms with Crippen LogP contribution < -0.4 is 10.6 Å². The van der Waals surface area contributed by atoms with Gasteiger partial charge in [-0.15, -0.1) is 0 Å². The van der Waals surface area contributed by atoms with E-state index >= 15 is 0 Å². The largest absolute Gasteiger partial charge is 0.396 e. The van der Waals surface area contributed by atoms with Crippen molar-refractivity contribution in [2.24, 2.45) is 0 Å². The Hall–Kier alpha value is -0.650. The number of rotatable bonds is 6. The van der Waals surface area contributed by atoms with Gasteiger partial charge in [-0.1, -0.05) is 0 Å². The molecule has 5 nitrogen and oxygen atoms in total. The number of nitrogens with one attached hydrogen (secondary N) is 2. The van der Waals surface area contributed by atoms with Gasteiger partial charge in [-0.3, -0.25) is 4.79 Å². The third-order valence-corrected chi connectivity index (χ3v) is 2.62. The molecule has 0 aromatic rings. The molecular weight excluding hydrogens is 208 g/mol. The third-order valence-electron chi connectivity index (χ3n) is 2.62. The van der Waals surface area contributed by atoms with Crippen molar-refractivity contribution in [3.63, 3.8) is 0 Å². The maximum absolute atomic E-state index is 11.6. The Morgan fingerprint density at radius 1 is 1.69 bits per heavy atom. The highest BCUT2D eigenvalue weighted by atomic mass is 16.5. The summed E-state index contributed by atoms with van der Waals surface area (Å²) in [6.45, 7) is 4.42. The van der Waals surface area contributed by atoms with Crippen LogP contribution in [0.25, 0.3) is 0 Å². The second-order valence-corrected chi connectivity index (χ2v) is 4.24. The average molecular weight is 230 g/mol. The highest BCUT2D eigenvalue weighted by molar-refractivity contribution is 5.76. The monoisotopic (exact) mass is 230 g/mol. The summed E-state index contributed by atoms with van der Waals surface area (Å²) in [5, 5.41) is 14.8. The average Bonchev–Trinajstić information content (AvgIpc) is 2.27. The molecule has 0 aromatic carbocycles. The molecule has 1 fully saturated rings. The number of aliphatic hydroxyl groups excluding tert-OH is 1. The lowest BCUT2D eigenvalue weighted by Gasteiger charge is -2.23.